The summed E-state index contributed by atoms with van der Waals surface area (Å²) in [7, 11) is 0. The third-order valence-electron chi connectivity index (χ3n) is 4.03. The van der Waals surface area contributed by atoms with Gasteiger partial charge >= 0.3 is 0 Å². The Hall–Kier alpha value is -2.11. The van der Waals surface area contributed by atoms with E-state index in [0.717, 1.165) is 30.2 Å². The van der Waals surface area contributed by atoms with Gasteiger partial charge in [-0.15, -0.1) is 0 Å². The average molecular weight is 340 g/mol. The largest absolute Gasteiger partial charge is 0.326 e. The van der Waals surface area contributed by atoms with Crippen molar-refractivity contribution in [1.29, 1.82) is 0 Å². The summed E-state index contributed by atoms with van der Waals surface area (Å²) in [5, 5.41) is 4.07. The summed E-state index contributed by atoms with van der Waals surface area (Å²) in [6, 6.07) is 18.4. The van der Waals surface area contributed by atoms with Crippen LogP contribution < -0.4 is 10.3 Å². The highest BCUT2D eigenvalue weighted by molar-refractivity contribution is 7.99. The van der Waals surface area contributed by atoms with Crippen LogP contribution in [0.15, 0.2) is 59.7 Å². The smallest absolute Gasteiger partial charge is 0.295 e. The Morgan fingerprint density at radius 2 is 1.71 bits per heavy atom. The molecule has 0 aliphatic carbocycles. The lowest BCUT2D eigenvalue weighted by atomic mass is 10.0. The van der Waals surface area contributed by atoms with E-state index >= 15 is 0 Å². The van der Waals surface area contributed by atoms with Crippen molar-refractivity contribution in [2.24, 2.45) is 5.10 Å². The summed E-state index contributed by atoms with van der Waals surface area (Å²) in [6.45, 7) is 2.62. The Balaban J connectivity index is 1.50. The molecule has 0 atom stereocenters. The molecule has 2 aromatic carbocycles. The van der Waals surface area contributed by atoms with Crippen molar-refractivity contribution < 1.29 is 9.69 Å². The molecule has 2 N–H and O–H groups in total. The summed E-state index contributed by atoms with van der Waals surface area (Å²) in [5.41, 5.74) is 5.96. The first kappa shape index (κ1) is 16.7. The Kier molecular flexibility index (Phi) is 6.04. The number of hydrazone groups is 1. The first-order valence-corrected chi connectivity index (χ1v) is 9.35. The first-order valence-electron chi connectivity index (χ1n) is 8.20. The molecule has 1 fully saturated rings. The maximum Gasteiger partial charge on any atom is 0.295 e. The minimum atomic E-state index is -0.0194. The number of hydrogen-bond acceptors (Lipinski definition) is 3. The molecular weight excluding hydrogens is 318 g/mol. The first-order chi connectivity index (χ1) is 11.8. The van der Waals surface area contributed by atoms with Gasteiger partial charge in [0.2, 0.25) is 0 Å². The van der Waals surface area contributed by atoms with Gasteiger partial charge in [-0.3, -0.25) is 4.79 Å². The van der Waals surface area contributed by atoms with Gasteiger partial charge in [-0.1, -0.05) is 54.6 Å². The van der Waals surface area contributed by atoms with Gasteiger partial charge in [0.15, 0.2) is 6.54 Å². The van der Waals surface area contributed by atoms with Crippen LogP contribution in [0.3, 0.4) is 0 Å². The molecule has 0 aromatic heterocycles. The van der Waals surface area contributed by atoms with Crippen molar-refractivity contribution in [2.75, 3.05) is 31.1 Å². The molecule has 124 valence electrons. The molecule has 1 saturated heterocycles. The van der Waals surface area contributed by atoms with Crippen LogP contribution in [0.25, 0.3) is 11.1 Å². The minimum absolute atomic E-state index is 0.0194. The number of rotatable bonds is 5. The number of carbonyl (C=O) groups is 1. The maximum absolute atomic E-state index is 11.9. The fourth-order valence-corrected chi connectivity index (χ4v) is 3.74. The van der Waals surface area contributed by atoms with Gasteiger partial charge in [-0.05, 0) is 16.7 Å². The van der Waals surface area contributed by atoms with E-state index in [9.17, 15) is 4.79 Å². The Bertz CT molecular complexity index is 680. The van der Waals surface area contributed by atoms with E-state index in [-0.39, 0.29) is 5.91 Å². The van der Waals surface area contributed by atoms with Crippen molar-refractivity contribution in [3.05, 3.63) is 60.2 Å². The van der Waals surface area contributed by atoms with E-state index in [4.69, 9.17) is 0 Å². The lowest BCUT2D eigenvalue weighted by Gasteiger charge is -2.21. The van der Waals surface area contributed by atoms with Crippen LogP contribution in [0.1, 0.15) is 5.56 Å². The van der Waals surface area contributed by atoms with E-state index in [0.29, 0.717) is 6.54 Å². The van der Waals surface area contributed by atoms with Gasteiger partial charge in [0.25, 0.3) is 5.91 Å². The van der Waals surface area contributed by atoms with Crippen molar-refractivity contribution in [3.63, 3.8) is 0 Å². The predicted molar refractivity (Wildman–Crippen MR) is 101 cm³/mol. The monoisotopic (exact) mass is 340 g/mol. The molecule has 5 heteroatoms. The number of nitrogens with one attached hydrogen (secondary N) is 2. The molecule has 3 rings (SSSR count). The van der Waals surface area contributed by atoms with Crippen LogP contribution in [-0.2, 0) is 4.79 Å². The van der Waals surface area contributed by atoms with Crippen LogP contribution in [-0.4, -0.2) is 43.3 Å². The third-order valence-corrected chi connectivity index (χ3v) is 5.02. The summed E-state index contributed by atoms with van der Waals surface area (Å²) >= 11 is 1.96. The van der Waals surface area contributed by atoms with Gasteiger partial charge < -0.3 is 4.90 Å². The number of quaternary nitrogens is 1. The summed E-state index contributed by atoms with van der Waals surface area (Å²) in [5.74, 6) is 2.26. The van der Waals surface area contributed by atoms with Gasteiger partial charge in [0.1, 0.15) is 0 Å². The SMILES string of the molecule is O=C(C[NH+]1CCSCC1)N/N=C\c1ccc(-c2ccccc2)cc1. The van der Waals surface area contributed by atoms with E-state index < -0.39 is 0 Å². The Labute approximate surface area is 146 Å². The highest BCUT2D eigenvalue weighted by Crippen LogP contribution is 2.18. The summed E-state index contributed by atoms with van der Waals surface area (Å²) in [6.07, 6.45) is 1.69. The molecule has 0 bridgehead atoms. The van der Waals surface area contributed by atoms with Gasteiger partial charge in [0.05, 0.1) is 19.3 Å². The van der Waals surface area contributed by atoms with Gasteiger partial charge in [0, 0.05) is 11.5 Å². The molecular formula is C19H22N3OS+. The Morgan fingerprint density at radius 1 is 1.04 bits per heavy atom. The fourth-order valence-electron chi connectivity index (χ4n) is 2.67. The zero-order valence-electron chi connectivity index (χ0n) is 13.6. The molecule has 2 aromatic rings. The quantitative estimate of drug-likeness (QED) is 0.639. The topological polar surface area (TPSA) is 45.9 Å². The number of carbonyl (C=O) groups excluding carboxylic acids is 1. The number of hydrogen-bond donors (Lipinski definition) is 2. The van der Waals surface area contributed by atoms with Crippen molar-refractivity contribution in [3.8, 4) is 11.1 Å². The van der Waals surface area contributed by atoms with E-state index in [1.807, 2.05) is 42.1 Å². The average Bonchev–Trinajstić information content (AvgIpc) is 2.64. The number of benzene rings is 2. The molecule has 1 amide bonds. The highest BCUT2D eigenvalue weighted by atomic mass is 32.2. The molecule has 0 unspecified atom stereocenters. The second-order valence-electron chi connectivity index (χ2n) is 5.82. The molecule has 0 spiro atoms. The second-order valence-corrected chi connectivity index (χ2v) is 7.05. The summed E-state index contributed by atoms with van der Waals surface area (Å²) < 4.78 is 0. The van der Waals surface area contributed by atoms with Crippen LogP contribution in [0.5, 0.6) is 0 Å². The zero-order chi connectivity index (χ0) is 16.6. The fraction of sp³-hybridized carbons (Fsp3) is 0.263. The van der Waals surface area contributed by atoms with Crippen molar-refractivity contribution in [2.45, 2.75) is 0 Å². The number of amides is 1. The number of nitrogens with zero attached hydrogens (tertiary/aromatic N) is 1. The Morgan fingerprint density at radius 3 is 2.42 bits per heavy atom. The summed E-state index contributed by atoms with van der Waals surface area (Å²) in [4.78, 5) is 13.2. The third kappa shape index (κ3) is 4.94. The molecule has 1 heterocycles. The number of thioether (sulfide) groups is 1. The molecule has 4 nitrogen and oxygen atoms in total. The lowest BCUT2D eigenvalue weighted by Crippen LogP contribution is -3.14. The highest BCUT2D eigenvalue weighted by Gasteiger charge is 2.16. The molecule has 0 radical (unpaired) electrons. The maximum atomic E-state index is 11.9. The lowest BCUT2D eigenvalue weighted by molar-refractivity contribution is -0.888. The van der Waals surface area contributed by atoms with Crippen LogP contribution in [0, 0.1) is 0 Å². The molecule has 0 saturated carbocycles. The van der Waals surface area contributed by atoms with E-state index in [2.05, 4.69) is 34.8 Å². The predicted octanol–water partition coefficient (Wildman–Crippen LogP) is 1.44. The van der Waals surface area contributed by atoms with Crippen molar-refractivity contribution in [1.82, 2.24) is 5.43 Å². The van der Waals surface area contributed by atoms with Crippen LogP contribution in [0.2, 0.25) is 0 Å². The minimum Gasteiger partial charge on any atom is -0.326 e. The van der Waals surface area contributed by atoms with Gasteiger partial charge in [-0.25, -0.2) is 5.43 Å². The molecule has 24 heavy (non-hydrogen) atoms. The molecule has 1 aliphatic heterocycles. The van der Waals surface area contributed by atoms with Crippen LogP contribution in [0.4, 0.5) is 0 Å². The zero-order valence-corrected chi connectivity index (χ0v) is 14.4. The van der Waals surface area contributed by atoms with E-state index in [1.165, 1.54) is 16.0 Å². The molecule has 1 aliphatic rings. The normalized spacial score (nSPS) is 15.5. The van der Waals surface area contributed by atoms with Gasteiger partial charge in [-0.2, -0.15) is 16.9 Å². The van der Waals surface area contributed by atoms with Crippen molar-refractivity contribution >= 4 is 23.9 Å². The standard InChI is InChI=1S/C19H21N3OS/c23-19(15-22-10-12-24-13-11-22)21-20-14-16-6-8-18(9-7-16)17-4-2-1-3-5-17/h1-9,14H,10-13,15H2,(H,21,23)/p+1/b20-14-. The van der Waals surface area contributed by atoms with E-state index in [1.54, 1.807) is 6.21 Å². The van der Waals surface area contributed by atoms with Crippen LogP contribution >= 0.6 is 11.8 Å². The second kappa shape index (κ2) is 8.66.